The normalized spacial score (nSPS) is 11.1. The Morgan fingerprint density at radius 3 is 2.63 bits per heavy atom. The van der Waals surface area contributed by atoms with Gasteiger partial charge in [-0.05, 0) is 29.8 Å². The molecule has 0 aliphatic heterocycles. The maximum absolute atomic E-state index is 6.20. The van der Waals surface area contributed by atoms with Crippen LogP contribution in [0.3, 0.4) is 0 Å². The fraction of sp³-hybridized carbons (Fsp3) is 0.0667. The molecule has 0 amide bonds. The van der Waals surface area contributed by atoms with Gasteiger partial charge in [0.25, 0.3) is 0 Å². The summed E-state index contributed by atoms with van der Waals surface area (Å²) in [5.74, 6) is 0. The lowest BCUT2D eigenvalue weighted by molar-refractivity contribution is 0.833. The Morgan fingerprint density at radius 2 is 1.84 bits per heavy atom. The number of rotatable bonds is 2. The number of fused-ring (bicyclic) bond motifs is 1. The van der Waals surface area contributed by atoms with E-state index in [1.807, 2.05) is 36.5 Å². The SMILES string of the molecule is Clc1cc(Cl)c2ccn(Cc3ccccc3Br)c2c1. The Bertz CT molecular complexity index is 749. The van der Waals surface area contributed by atoms with E-state index < -0.39 is 0 Å². The molecule has 4 heteroatoms. The van der Waals surface area contributed by atoms with Crippen LogP contribution >= 0.6 is 39.1 Å². The van der Waals surface area contributed by atoms with E-state index in [1.54, 1.807) is 6.07 Å². The van der Waals surface area contributed by atoms with E-state index in [4.69, 9.17) is 23.2 Å². The molecule has 1 heterocycles. The van der Waals surface area contributed by atoms with Crippen LogP contribution in [-0.2, 0) is 6.54 Å². The molecule has 0 unspecified atom stereocenters. The molecule has 0 aliphatic carbocycles. The zero-order chi connectivity index (χ0) is 13.4. The second kappa shape index (κ2) is 5.20. The Kier molecular flexibility index (Phi) is 3.57. The third-order valence-corrected chi connectivity index (χ3v) is 4.41. The van der Waals surface area contributed by atoms with Gasteiger partial charge >= 0.3 is 0 Å². The van der Waals surface area contributed by atoms with Gasteiger partial charge in [-0.2, -0.15) is 0 Å². The van der Waals surface area contributed by atoms with Crippen LogP contribution in [0.1, 0.15) is 5.56 Å². The molecule has 19 heavy (non-hydrogen) atoms. The molecule has 2 aromatic carbocycles. The maximum Gasteiger partial charge on any atom is 0.0514 e. The van der Waals surface area contributed by atoms with Crippen LogP contribution in [0.15, 0.2) is 53.1 Å². The van der Waals surface area contributed by atoms with Crippen molar-refractivity contribution in [1.82, 2.24) is 4.57 Å². The molecule has 1 aromatic heterocycles. The van der Waals surface area contributed by atoms with Gasteiger partial charge in [0.1, 0.15) is 0 Å². The Morgan fingerprint density at radius 1 is 1.05 bits per heavy atom. The number of nitrogens with zero attached hydrogens (tertiary/aromatic N) is 1. The monoisotopic (exact) mass is 353 g/mol. The van der Waals surface area contributed by atoms with Crippen LogP contribution in [-0.4, -0.2) is 4.57 Å². The Labute approximate surface area is 129 Å². The number of benzene rings is 2. The van der Waals surface area contributed by atoms with Crippen molar-refractivity contribution in [2.75, 3.05) is 0 Å². The van der Waals surface area contributed by atoms with Crippen LogP contribution in [0.25, 0.3) is 10.9 Å². The summed E-state index contributed by atoms with van der Waals surface area (Å²) in [6, 6.07) is 13.9. The molecule has 0 fully saturated rings. The average Bonchev–Trinajstić information content (AvgIpc) is 2.76. The van der Waals surface area contributed by atoms with Gasteiger partial charge in [-0.3, -0.25) is 0 Å². The van der Waals surface area contributed by atoms with E-state index in [0.717, 1.165) is 21.9 Å². The predicted octanol–water partition coefficient (Wildman–Crippen LogP) is 5.76. The standard InChI is InChI=1S/C15H10BrCl2N/c16-13-4-2-1-3-10(13)9-19-6-5-12-14(18)7-11(17)8-15(12)19/h1-8H,9H2. The molecule has 0 radical (unpaired) electrons. The van der Waals surface area contributed by atoms with Crippen molar-refractivity contribution < 1.29 is 0 Å². The third-order valence-electron chi connectivity index (χ3n) is 3.10. The fourth-order valence-corrected chi connectivity index (χ4v) is 3.12. The van der Waals surface area contributed by atoms with E-state index in [1.165, 1.54) is 5.56 Å². The zero-order valence-electron chi connectivity index (χ0n) is 9.91. The molecular weight excluding hydrogens is 345 g/mol. The first-order valence-electron chi connectivity index (χ1n) is 5.82. The van der Waals surface area contributed by atoms with Gasteiger partial charge in [-0.25, -0.2) is 0 Å². The van der Waals surface area contributed by atoms with Crippen molar-refractivity contribution in [3.05, 3.63) is 68.7 Å². The minimum Gasteiger partial charge on any atom is -0.343 e. The third kappa shape index (κ3) is 2.53. The van der Waals surface area contributed by atoms with Gasteiger partial charge in [0.15, 0.2) is 0 Å². The summed E-state index contributed by atoms with van der Waals surface area (Å²) < 4.78 is 3.25. The van der Waals surface area contributed by atoms with E-state index in [0.29, 0.717) is 10.0 Å². The van der Waals surface area contributed by atoms with Gasteiger partial charge in [0, 0.05) is 27.6 Å². The summed E-state index contributed by atoms with van der Waals surface area (Å²) in [5, 5.41) is 2.37. The highest BCUT2D eigenvalue weighted by atomic mass is 79.9. The summed E-state index contributed by atoms with van der Waals surface area (Å²) in [5.41, 5.74) is 2.27. The molecule has 96 valence electrons. The molecule has 1 nitrogen and oxygen atoms in total. The summed E-state index contributed by atoms with van der Waals surface area (Å²) in [4.78, 5) is 0. The number of hydrogen-bond donors (Lipinski definition) is 0. The molecule has 0 spiro atoms. The summed E-state index contributed by atoms with van der Waals surface area (Å²) in [6.07, 6.45) is 2.03. The van der Waals surface area contributed by atoms with E-state index in [9.17, 15) is 0 Å². The highest BCUT2D eigenvalue weighted by molar-refractivity contribution is 9.10. The van der Waals surface area contributed by atoms with E-state index >= 15 is 0 Å². The van der Waals surface area contributed by atoms with Crippen molar-refractivity contribution in [1.29, 1.82) is 0 Å². The summed E-state index contributed by atoms with van der Waals surface area (Å²) in [7, 11) is 0. The van der Waals surface area contributed by atoms with Gasteiger partial charge in [0.2, 0.25) is 0 Å². The maximum atomic E-state index is 6.20. The second-order valence-corrected chi connectivity index (χ2v) is 6.05. The van der Waals surface area contributed by atoms with E-state index in [-0.39, 0.29) is 0 Å². The molecular formula is C15H10BrCl2N. The van der Waals surface area contributed by atoms with Crippen molar-refractivity contribution >= 4 is 50.0 Å². The quantitative estimate of drug-likeness (QED) is 0.551. The van der Waals surface area contributed by atoms with Gasteiger partial charge in [-0.1, -0.05) is 57.3 Å². The molecule has 0 N–H and O–H groups in total. The topological polar surface area (TPSA) is 4.93 Å². The van der Waals surface area contributed by atoms with Crippen molar-refractivity contribution in [2.45, 2.75) is 6.54 Å². The van der Waals surface area contributed by atoms with Crippen LogP contribution < -0.4 is 0 Å². The van der Waals surface area contributed by atoms with Crippen LogP contribution in [0.2, 0.25) is 10.0 Å². The predicted molar refractivity (Wildman–Crippen MR) is 85.2 cm³/mol. The number of halogens is 3. The lowest BCUT2D eigenvalue weighted by Gasteiger charge is -2.08. The largest absolute Gasteiger partial charge is 0.343 e. The molecule has 3 rings (SSSR count). The number of hydrogen-bond acceptors (Lipinski definition) is 0. The molecule has 0 atom stereocenters. The minimum atomic E-state index is 0.657. The molecule has 3 aromatic rings. The van der Waals surface area contributed by atoms with Crippen molar-refractivity contribution in [2.24, 2.45) is 0 Å². The Balaban J connectivity index is 2.09. The van der Waals surface area contributed by atoms with Crippen LogP contribution in [0.5, 0.6) is 0 Å². The fourth-order valence-electron chi connectivity index (χ4n) is 2.17. The first-order valence-corrected chi connectivity index (χ1v) is 7.37. The second-order valence-electron chi connectivity index (χ2n) is 4.36. The molecule has 0 saturated carbocycles. The van der Waals surface area contributed by atoms with Crippen molar-refractivity contribution in [3.63, 3.8) is 0 Å². The van der Waals surface area contributed by atoms with E-state index in [2.05, 4.69) is 26.6 Å². The first-order chi connectivity index (χ1) is 9.15. The zero-order valence-corrected chi connectivity index (χ0v) is 13.0. The summed E-state index contributed by atoms with van der Waals surface area (Å²) >= 11 is 15.9. The van der Waals surface area contributed by atoms with Crippen LogP contribution in [0.4, 0.5) is 0 Å². The Hall–Kier alpha value is -0.960. The van der Waals surface area contributed by atoms with Gasteiger partial charge < -0.3 is 4.57 Å². The number of aromatic nitrogens is 1. The lowest BCUT2D eigenvalue weighted by Crippen LogP contribution is -1.98. The average molecular weight is 355 g/mol. The lowest BCUT2D eigenvalue weighted by atomic mass is 10.2. The smallest absolute Gasteiger partial charge is 0.0514 e. The van der Waals surface area contributed by atoms with Crippen LogP contribution in [0, 0.1) is 0 Å². The molecule has 0 saturated heterocycles. The van der Waals surface area contributed by atoms with Crippen molar-refractivity contribution in [3.8, 4) is 0 Å². The first kappa shape index (κ1) is 13.0. The summed E-state index contributed by atoms with van der Waals surface area (Å²) in [6.45, 7) is 0.779. The minimum absolute atomic E-state index is 0.657. The highest BCUT2D eigenvalue weighted by Crippen LogP contribution is 2.29. The van der Waals surface area contributed by atoms with Gasteiger partial charge in [-0.15, -0.1) is 0 Å². The highest BCUT2D eigenvalue weighted by Gasteiger charge is 2.08. The molecule has 0 bridgehead atoms. The molecule has 0 aliphatic rings. The van der Waals surface area contributed by atoms with Gasteiger partial charge in [0.05, 0.1) is 10.5 Å².